The van der Waals surface area contributed by atoms with Gasteiger partial charge in [0, 0.05) is 30.6 Å². The van der Waals surface area contributed by atoms with E-state index in [0.717, 1.165) is 53.5 Å². The van der Waals surface area contributed by atoms with Crippen LogP contribution in [0.25, 0.3) is 11.4 Å². The number of nitrogens with one attached hydrogen (secondary N) is 1. The predicted octanol–water partition coefficient (Wildman–Crippen LogP) is 2.68. The van der Waals surface area contributed by atoms with Crippen molar-refractivity contribution in [2.45, 2.75) is 46.2 Å². The fourth-order valence-corrected chi connectivity index (χ4v) is 3.60. The monoisotopic (exact) mass is 365 g/mol. The smallest absolute Gasteiger partial charge is 0.225 e. The van der Waals surface area contributed by atoms with Crippen LogP contribution in [0.2, 0.25) is 0 Å². The minimum Gasteiger partial charge on any atom is -0.361 e. The highest BCUT2D eigenvalue weighted by Gasteiger charge is 2.28. The minimum atomic E-state index is -0.0961. The molecule has 0 aliphatic carbocycles. The predicted molar refractivity (Wildman–Crippen MR) is 99.7 cm³/mol. The summed E-state index contributed by atoms with van der Waals surface area (Å²) in [5.41, 5.74) is 2.91. The van der Waals surface area contributed by atoms with Gasteiger partial charge in [0.2, 0.25) is 5.91 Å². The van der Waals surface area contributed by atoms with Gasteiger partial charge in [-0.15, -0.1) is 10.2 Å². The van der Waals surface area contributed by atoms with E-state index in [-0.39, 0.29) is 11.8 Å². The lowest BCUT2D eigenvalue weighted by atomic mass is 9.98. The Kier molecular flexibility index (Phi) is 4.75. The van der Waals surface area contributed by atoms with Gasteiger partial charge in [-0.2, -0.15) is 0 Å². The van der Waals surface area contributed by atoms with Gasteiger partial charge < -0.3 is 14.4 Å². The van der Waals surface area contributed by atoms with E-state index >= 15 is 0 Å². The average molecular weight is 365 g/mol. The van der Waals surface area contributed by atoms with E-state index in [1.807, 2.05) is 44.2 Å². The first kappa shape index (κ1) is 17.5. The molecule has 0 radical (unpaired) electrons. The topological polar surface area (TPSA) is 85.8 Å². The van der Waals surface area contributed by atoms with Crippen LogP contribution in [0, 0.1) is 12.8 Å². The molecular formula is C20H23N5O2. The first-order valence-corrected chi connectivity index (χ1v) is 9.36. The van der Waals surface area contributed by atoms with E-state index in [1.54, 1.807) is 0 Å². The lowest BCUT2D eigenvalue weighted by Crippen LogP contribution is -2.36. The number of aromatic nitrogens is 4. The number of hydrogen-bond acceptors (Lipinski definition) is 5. The normalized spacial score (nSPS) is 16.1. The highest BCUT2D eigenvalue weighted by atomic mass is 16.5. The highest BCUT2D eigenvalue weighted by molar-refractivity contribution is 5.79. The van der Waals surface area contributed by atoms with Gasteiger partial charge in [-0.1, -0.05) is 42.4 Å². The van der Waals surface area contributed by atoms with E-state index in [0.29, 0.717) is 13.1 Å². The molecule has 4 rings (SSSR count). The number of rotatable bonds is 5. The lowest BCUT2D eigenvalue weighted by Gasteiger charge is -2.23. The fraction of sp³-hybridized carbons (Fsp3) is 0.400. The number of benzene rings is 1. The average Bonchev–Trinajstić information content (AvgIpc) is 3.29. The maximum atomic E-state index is 12.8. The van der Waals surface area contributed by atoms with E-state index in [4.69, 9.17) is 4.52 Å². The third kappa shape index (κ3) is 3.37. The van der Waals surface area contributed by atoms with Gasteiger partial charge in [0.1, 0.15) is 11.6 Å². The van der Waals surface area contributed by atoms with Gasteiger partial charge >= 0.3 is 0 Å². The third-order valence-electron chi connectivity index (χ3n) is 5.19. The van der Waals surface area contributed by atoms with Crippen molar-refractivity contribution in [1.82, 2.24) is 25.2 Å². The summed E-state index contributed by atoms with van der Waals surface area (Å²) in [5, 5.41) is 15.8. The fourth-order valence-electron chi connectivity index (χ4n) is 3.60. The third-order valence-corrected chi connectivity index (χ3v) is 5.19. The summed E-state index contributed by atoms with van der Waals surface area (Å²) in [5.74, 6) is 2.49. The van der Waals surface area contributed by atoms with Crippen LogP contribution in [0.5, 0.6) is 0 Å². The molecule has 1 atom stereocenters. The number of carbonyl (C=O) groups excluding carboxylic acids is 1. The summed E-state index contributed by atoms with van der Waals surface area (Å²) in [6.07, 6.45) is 2.32. The second-order valence-electron chi connectivity index (χ2n) is 6.89. The Hall–Kier alpha value is -2.96. The first-order chi connectivity index (χ1) is 13.2. The molecule has 27 heavy (non-hydrogen) atoms. The molecule has 0 saturated carbocycles. The molecule has 0 saturated heterocycles. The molecule has 1 aromatic carbocycles. The minimum absolute atomic E-state index is 0.0519. The maximum Gasteiger partial charge on any atom is 0.225 e. The van der Waals surface area contributed by atoms with Crippen LogP contribution in [-0.2, 0) is 30.7 Å². The van der Waals surface area contributed by atoms with Gasteiger partial charge in [-0.05, 0) is 19.8 Å². The molecule has 0 spiro atoms. The molecule has 1 aliphatic heterocycles. The number of aryl methyl sites for hydroxylation is 3. The highest BCUT2D eigenvalue weighted by Crippen LogP contribution is 2.26. The zero-order valence-electron chi connectivity index (χ0n) is 15.6. The second kappa shape index (κ2) is 7.34. The molecular weight excluding hydrogens is 342 g/mol. The first-order valence-electron chi connectivity index (χ1n) is 9.36. The largest absolute Gasteiger partial charge is 0.361 e. The maximum absolute atomic E-state index is 12.8. The van der Waals surface area contributed by atoms with Gasteiger partial charge in [-0.25, -0.2) is 0 Å². The van der Waals surface area contributed by atoms with Gasteiger partial charge in [0.25, 0.3) is 0 Å². The Bertz CT molecular complexity index is 945. The SMILES string of the molecule is CCc1noc(C)c1CNC(=O)C1CCc2nnc(-c3ccccc3)n2C1. The zero-order chi connectivity index (χ0) is 18.8. The van der Waals surface area contributed by atoms with Crippen LogP contribution >= 0.6 is 0 Å². The summed E-state index contributed by atoms with van der Waals surface area (Å²) in [6, 6.07) is 9.97. The quantitative estimate of drug-likeness (QED) is 0.751. The van der Waals surface area contributed by atoms with Crippen LogP contribution in [-0.4, -0.2) is 25.8 Å². The van der Waals surface area contributed by atoms with Crippen molar-refractivity contribution in [3.8, 4) is 11.4 Å². The second-order valence-corrected chi connectivity index (χ2v) is 6.89. The van der Waals surface area contributed by atoms with Crippen molar-refractivity contribution in [3.05, 3.63) is 53.2 Å². The van der Waals surface area contributed by atoms with Gasteiger partial charge in [-0.3, -0.25) is 4.79 Å². The molecule has 0 bridgehead atoms. The molecule has 1 N–H and O–H groups in total. The summed E-state index contributed by atoms with van der Waals surface area (Å²) >= 11 is 0. The molecule has 7 nitrogen and oxygen atoms in total. The van der Waals surface area contributed by atoms with E-state index in [2.05, 4.69) is 25.2 Å². The number of nitrogens with zero attached hydrogens (tertiary/aromatic N) is 4. The molecule has 1 unspecified atom stereocenters. The Morgan fingerprint density at radius 2 is 2.11 bits per heavy atom. The van der Waals surface area contributed by atoms with Crippen molar-refractivity contribution < 1.29 is 9.32 Å². The molecule has 1 aliphatic rings. The molecule has 1 amide bonds. The van der Waals surface area contributed by atoms with Crippen molar-refractivity contribution in [2.75, 3.05) is 0 Å². The molecule has 3 heterocycles. The molecule has 3 aromatic rings. The molecule has 2 aromatic heterocycles. The van der Waals surface area contributed by atoms with Gasteiger partial charge in [0.05, 0.1) is 11.6 Å². The summed E-state index contributed by atoms with van der Waals surface area (Å²) < 4.78 is 7.32. The number of fused-ring (bicyclic) bond motifs is 1. The number of carbonyl (C=O) groups is 1. The Morgan fingerprint density at radius 1 is 1.30 bits per heavy atom. The number of amides is 1. The van der Waals surface area contributed by atoms with Gasteiger partial charge in [0.15, 0.2) is 5.82 Å². The van der Waals surface area contributed by atoms with Crippen LogP contribution in [0.4, 0.5) is 0 Å². The van der Waals surface area contributed by atoms with E-state index < -0.39 is 0 Å². The Morgan fingerprint density at radius 3 is 2.89 bits per heavy atom. The summed E-state index contributed by atoms with van der Waals surface area (Å²) in [6.45, 7) is 4.96. The molecule has 7 heteroatoms. The van der Waals surface area contributed by atoms with Crippen molar-refractivity contribution in [1.29, 1.82) is 0 Å². The van der Waals surface area contributed by atoms with Crippen LogP contribution in [0.15, 0.2) is 34.9 Å². The summed E-state index contributed by atoms with van der Waals surface area (Å²) in [7, 11) is 0. The van der Waals surface area contributed by atoms with Crippen LogP contribution in [0.3, 0.4) is 0 Å². The molecule has 140 valence electrons. The Balaban J connectivity index is 1.47. The van der Waals surface area contributed by atoms with Crippen LogP contribution < -0.4 is 5.32 Å². The van der Waals surface area contributed by atoms with E-state index in [9.17, 15) is 4.79 Å². The zero-order valence-corrected chi connectivity index (χ0v) is 15.6. The van der Waals surface area contributed by atoms with Crippen molar-refractivity contribution in [3.63, 3.8) is 0 Å². The van der Waals surface area contributed by atoms with Crippen LogP contribution in [0.1, 0.15) is 36.2 Å². The van der Waals surface area contributed by atoms with E-state index in [1.165, 1.54) is 0 Å². The standard InChI is InChI=1S/C20H23N5O2/c1-3-17-16(13(2)27-24-17)11-21-20(26)15-9-10-18-22-23-19(25(18)12-15)14-7-5-4-6-8-14/h4-8,15H,3,9-12H2,1-2H3,(H,21,26). The molecule has 0 fully saturated rings. The lowest BCUT2D eigenvalue weighted by molar-refractivity contribution is -0.126. The summed E-state index contributed by atoms with van der Waals surface area (Å²) in [4.78, 5) is 12.8. The Labute approximate surface area is 157 Å². The number of hydrogen-bond donors (Lipinski definition) is 1. The van der Waals surface area contributed by atoms with Crippen molar-refractivity contribution >= 4 is 5.91 Å². The van der Waals surface area contributed by atoms with Crippen molar-refractivity contribution in [2.24, 2.45) is 5.92 Å².